The molecule has 0 spiro atoms. The highest BCUT2D eigenvalue weighted by Crippen LogP contribution is 2.28. The van der Waals surface area contributed by atoms with Gasteiger partial charge in [-0.25, -0.2) is 9.18 Å². The molecule has 2 saturated heterocycles. The Kier molecular flexibility index (Phi) is 7.63. The maximum Gasteiger partial charge on any atom is 0.414 e. The van der Waals surface area contributed by atoms with Crippen molar-refractivity contribution in [1.82, 2.24) is 10.2 Å². The zero-order valence-corrected chi connectivity index (χ0v) is 18.1. The predicted molar refractivity (Wildman–Crippen MR) is 117 cm³/mol. The van der Waals surface area contributed by atoms with Crippen LogP contribution in [-0.4, -0.2) is 90.2 Å². The van der Waals surface area contributed by atoms with E-state index in [0.717, 1.165) is 0 Å². The van der Waals surface area contributed by atoms with Gasteiger partial charge < -0.3 is 30.1 Å². The van der Waals surface area contributed by atoms with Crippen molar-refractivity contribution in [1.29, 1.82) is 0 Å². The number of ether oxygens (including phenoxy) is 1. The van der Waals surface area contributed by atoms with E-state index in [1.165, 1.54) is 15.9 Å². The maximum absolute atomic E-state index is 14.8. The van der Waals surface area contributed by atoms with Gasteiger partial charge in [0, 0.05) is 26.2 Å². The van der Waals surface area contributed by atoms with E-state index in [9.17, 15) is 19.1 Å². The van der Waals surface area contributed by atoms with Crippen LogP contribution in [0.25, 0.3) is 0 Å². The van der Waals surface area contributed by atoms with Crippen LogP contribution >= 0.6 is 12.2 Å². The smallest absolute Gasteiger partial charge is 0.414 e. The Bertz CT molecular complexity index is 834. The molecule has 170 valence electrons. The minimum atomic E-state index is -1.43. The zero-order chi connectivity index (χ0) is 22.5. The fraction of sp³-hybridized carbons (Fsp3) is 0.550. The third kappa shape index (κ3) is 5.41. The molecule has 2 heterocycles. The number of carbonyl (C=O) groups excluding carboxylic acids is 2. The Labute approximate surface area is 185 Å². The Balaban J connectivity index is 1.60. The molecular weight excluding hydrogens is 427 g/mol. The SMILES string of the molecule is CCC(=S)NC[C@H]1CN(c2ccc(N3CCN(C(=O)[C@H](O)CO)CC3)c(F)c2)C(=O)O1. The first-order valence-electron chi connectivity index (χ1n) is 10.2. The van der Waals surface area contributed by atoms with Crippen LogP contribution in [0.4, 0.5) is 20.6 Å². The number of aliphatic hydroxyl groups excluding tert-OH is 2. The monoisotopic (exact) mass is 454 g/mol. The topological polar surface area (TPSA) is 106 Å². The van der Waals surface area contributed by atoms with Gasteiger partial charge in [0.25, 0.3) is 5.91 Å². The second-order valence-electron chi connectivity index (χ2n) is 7.42. The molecule has 11 heteroatoms. The van der Waals surface area contributed by atoms with Gasteiger partial charge >= 0.3 is 6.09 Å². The number of nitrogens with one attached hydrogen (secondary N) is 1. The number of hydrogen-bond donors (Lipinski definition) is 3. The van der Waals surface area contributed by atoms with Gasteiger partial charge in [-0.1, -0.05) is 19.1 Å². The number of halogens is 1. The van der Waals surface area contributed by atoms with Crippen LogP contribution < -0.4 is 15.1 Å². The van der Waals surface area contributed by atoms with Crippen molar-refractivity contribution in [2.45, 2.75) is 25.6 Å². The summed E-state index contributed by atoms with van der Waals surface area (Å²) in [5.74, 6) is -1.01. The highest BCUT2D eigenvalue weighted by molar-refractivity contribution is 7.80. The molecule has 1 aromatic carbocycles. The van der Waals surface area contributed by atoms with Crippen LogP contribution in [0.2, 0.25) is 0 Å². The normalized spacial score (nSPS) is 19.9. The molecule has 2 fully saturated rings. The van der Waals surface area contributed by atoms with Gasteiger partial charge in [0.05, 0.1) is 36.1 Å². The third-order valence-corrected chi connectivity index (χ3v) is 5.79. The number of benzene rings is 1. The molecule has 3 N–H and O–H groups in total. The van der Waals surface area contributed by atoms with Gasteiger partial charge in [-0.15, -0.1) is 0 Å². The summed E-state index contributed by atoms with van der Waals surface area (Å²) in [6.07, 6.45) is -1.63. The van der Waals surface area contributed by atoms with Gasteiger partial charge in [-0.2, -0.15) is 0 Å². The highest BCUT2D eigenvalue weighted by atomic mass is 32.1. The van der Waals surface area contributed by atoms with Gasteiger partial charge in [-0.3, -0.25) is 9.69 Å². The first-order valence-corrected chi connectivity index (χ1v) is 10.6. The molecule has 0 unspecified atom stereocenters. The number of aliphatic hydroxyl groups is 2. The van der Waals surface area contributed by atoms with Crippen molar-refractivity contribution < 1.29 is 28.9 Å². The lowest BCUT2D eigenvalue weighted by Crippen LogP contribution is -2.52. The second-order valence-corrected chi connectivity index (χ2v) is 7.91. The average molecular weight is 455 g/mol. The molecule has 0 radical (unpaired) electrons. The quantitative estimate of drug-likeness (QED) is 0.511. The van der Waals surface area contributed by atoms with Crippen LogP contribution in [0, 0.1) is 5.82 Å². The lowest BCUT2D eigenvalue weighted by atomic mass is 10.2. The summed E-state index contributed by atoms with van der Waals surface area (Å²) in [5.41, 5.74) is 0.782. The number of anilines is 2. The number of nitrogens with zero attached hydrogens (tertiary/aromatic N) is 3. The van der Waals surface area contributed by atoms with Gasteiger partial charge in [0.2, 0.25) is 0 Å². The van der Waals surface area contributed by atoms with Crippen molar-refractivity contribution in [2.24, 2.45) is 0 Å². The summed E-state index contributed by atoms with van der Waals surface area (Å²) in [4.78, 5) is 29.5. The molecule has 9 nitrogen and oxygen atoms in total. The fourth-order valence-electron chi connectivity index (χ4n) is 3.57. The molecular formula is C20H27FN4O5S. The summed E-state index contributed by atoms with van der Waals surface area (Å²) >= 11 is 5.11. The number of rotatable bonds is 7. The number of thiocarbonyl (C=S) groups is 1. The number of hydrogen-bond acceptors (Lipinski definition) is 7. The van der Waals surface area contributed by atoms with Crippen LogP contribution in [0.5, 0.6) is 0 Å². The molecule has 2 amide bonds. The van der Waals surface area contributed by atoms with E-state index < -0.39 is 30.5 Å². The first-order chi connectivity index (χ1) is 14.8. The minimum absolute atomic E-state index is 0.297. The number of piperazine rings is 1. The van der Waals surface area contributed by atoms with E-state index in [2.05, 4.69) is 5.32 Å². The lowest BCUT2D eigenvalue weighted by Gasteiger charge is -2.37. The van der Waals surface area contributed by atoms with Gasteiger partial charge in [0.15, 0.2) is 6.10 Å². The molecule has 3 rings (SSSR count). The zero-order valence-electron chi connectivity index (χ0n) is 17.3. The van der Waals surface area contributed by atoms with Crippen molar-refractivity contribution in [3.8, 4) is 0 Å². The van der Waals surface area contributed by atoms with Gasteiger partial charge in [-0.05, 0) is 24.6 Å². The number of amides is 2. The molecule has 2 atom stereocenters. The van der Waals surface area contributed by atoms with Crippen LogP contribution in [0.3, 0.4) is 0 Å². The Morgan fingerprint density at radius 2 is 2.06 bits per heavy atom. The van der Waals surface area contributed by atoms with Gasteiger partial charge in [0.1, 0.15) is 11.9 Å². The molecule has 0 bridgehead atoms. The molecule has 2 aliphatic heterocycles. The lowest BCUT2D eigenvalue weighted by molar-refractivity contribution is -0.142. The van der Waals surface area contributed by atoms with Crippen LogP contribution in [-0.2, 0) is 9.53 Å². The Morgan fingerprint density at radius 1 is 1.35 bits per heavy atom. The Morgan fingerprint density at radius 3 is 2.68 bits per heavy atom. The van der Waals surface area contributed by atoms with E-state index in [1.807, 2.05) is 6.92 Å². The molecule has 0 aliphatic carbocycles. The van der Waals surface area contributed by atoms with Crippen LogP contribution in [0.15, 0.2) is 18.2 Å². The summed E-state index contributed by atoms with van der Waals surface area (Å²) in [6, 6.07) is 4.57. The fourth-order valence-corrected chi connectivity index (χ4v) is 3.65. The summed E-state index contributed by atoms with van der Waals surface area (Å²) in [5, 5.41) is 21.4. The molecule has 0 saturated carbocycles. The first kappa shape index (κ1) is 23.2. The molecule has 31 heavy (non-hydrogen) atoms. The maximum atomic E-state index is 14.8. The van der Waals surface area contributed by atoms with Crippen molar-refractivity contribution >= 4 is 40.6 Å². The summed E-state index contributed by atoms with van der Waals surface area (Å²) in [6.45, 7) is 3.40. The van der Waals surface area contributed by atoms with E-state index >= 15 is 0 Å². The van der Waals surface area contributed by atoms with E-state index in [-0.39, 0.29) is 6.10 Å². The average Bonchev–Trinajstić information content (AvgIpc) is 3.16. The third-order valence-electron chi connectivity index (χ3n) is 5.36. The summed E-state index contributed by atoms with van der Waals surface area (Å²) in [7, 11) is 0. The van der Waals surface area contributed by atoms with E-state index in [0.29, 0.717) is 62.1 Å². The highest BCUT2D eigenvalue weighted by Gasteiger charge is 2.33. The summed E-state index contributed by atoms with van der Waals surface area (Å²) < 4.78 is 20.2. The standard InChI is InChI=1S/C20H27FN4O5S/c1-2-18(31)22-10-14-11-25(20(29)30-14)13-3-4-16(15(21)9-13)23-5-7-24(8-6-23)19(28)17(27)12-26/h3-4,9,14,17,26-27H,2,5-8,10-12H2,1H3,(H,22,31)/t14-,17+/m0/s1. The van der Waals surface area contributed by atoms with E-state index in [4.69, 9.17) is 22.1 Å². The number of cyclic esters (lactones) is 1. The van der Waals surface area contributed by atoms with Crippen molar-refractivity contribution in [2.75, 3.05) is 55.7 Å². The molecule has 0 aromatic heterocycles. The van der Waals surface area contributed by atoms with Crippen molar-refractivity contribution in [3.05, 3.63) is 24.0 Å². The predicted octanol–water partition coefficient (Wildman–Crippen LogP) is 0.480. The van der Waals surface area contributed by atoms with Crippen molar-refractivity contribution in [3.63, 3.8) is 0 Å². The van der Waals surface area contributed by atoms with Crippen LogP contribution in [0.1, 0.15) is 13.3 Å². The molecule has 2 aliphatic rings. The minimum Gasteiger partial charge on any atom is -0.442 e. The molecule has 1 aromatic rings. The van der Waals surface area contributed by atoms with E-state index in [1.54, 1.807) is 17.0 Å². The second kappa shape index (κ2) is 10.2. The number of carbonyl (C=O) groups is 2. The largest absolute Gasteiger partial charge is 0.442 e. The Hall–Kier alpha value is -2.50.